The van der Waals surface area contributed by atoms with Gasteiger partial charge in [-0.05, 0) is 0 Å². The molecule has 0 nitrogen and oxygen atoms in total. The first-order valence-electron chi connectivity index (χ1n) is 8.71. The Morgan fingerprint density at radius 1 is 0.346 bits per heavy atom. The molecule has 0 saturated heterocycles. The van der Waals surface area contributed by atoms with Gasteiger partial charge in [-0.25, -0.2) is 0 Å². The molecule has 4 rings (SSSR count). The molecule has 0 spiro atoms. The van der Waals surface area contributed by atoms with E-state index in [0.717, 1.165) is 0 Å². The second-order valence-corrected chi connectivity index (χ2v) is 28.2. The predicted octanol–water partition coefficient (Wildman–Crippen LogP) is 3.75. The monoisotopic (exact) mass is 552 g/mol. The van der Waals surface area contributed by atoms with Crippen LogP contribution in [-0.4, -0.2) is 17.6 Å². The molecular weight excluding hydrogens is 533 g/mol. The summed E-state index contributed by atoms with van der Waals surface area (Å²) in [4.78, 5) is 0. The summed E-state index contributed by atoms with van der Waals surface area (Å²) < 4.78 is 4.96. The van der Waals surface area contributed by atoms with E-state index in [-0.39, 0.29) is 0 Å². The standard InChI is InChI=1S/4C6H5.Bi.ClH/c4*1-2-4-6-5-3-1;;/h4*1-5H;;1H/q;;;;+1;/p-1. The van der Waals surface area contributed by atoms with Crippen LogP contribution in [0.1, 0.15) is 0 Å². The maximum absolute atomic E-state index is 8.11. The van der Waals surface area contributed by atoms with Crippen molar-refractivity contribution in [3.8, 4) is 0 Å². The van der Waals surface area contributed by atoms with Crippen LogP contribution in [-0.2, 0) is 0 Å². The van der Waals surface area contributed by atoms with Crippen molar-refractivity contribution >= 4 is 39.2 Å². The van der Waals surface area contributed by atoms with Crippen molar-refractivity contribution in [1.29, 1.82) is 0 Å². The molecule has 128 valence electrons. The van der Waals surface area contributed by atoms with Crippen LogP contribution >= 0.6 is 8.51 Å². The number of rotatable bonds is 4. The molecule has 0 aliphatic heterocycles. The fourth-order valence-electron chi connectivity index (χ4n) is 3.73. The van der Waals surface area contributed by atoms with Crippen LogP contribution in [0.5, 0.6) is 0 Å². The van der Waals surface area contributed by atoms with E-state index >= 15 is 0 Å². The van der Waals surface area contributed by atoms with E-state index in [1.165, 1.54) is 13.1 Å². The van der Waals surface area contributed by atoms with Crippen molar-refractivity contribution in [2.24, 2.45) is 0 Å². The summed E-state index contributed by atoms with van der Waals surface area (Å²) in [5.41, 5.74) is 0. The van der Waals surface area contributed by atoms with E-state index in [0.29, 0.717) is 0 Å². The molecule has 0 bridgehead atoms. The van der Waals surface area contributed by atoms with Gasteiger partial charge in [-0.3, -0.25) is 0 Å². The van der Waals surface area contributed by atoms with Crippen LogP contribution in [0.3, 0.4) is 0 Å². The minimum atomic E-state index is -4.61. The number of benzene rings is 4. The van der Waals surface area contributed by atoms with Crippen LogP contribution in [0.4, 0.5) is 0 Å². The summed E-state index contributed by atoms with van der Waals surface area (Å²) in [5, 5.41) is 0. The molecule has 0 unspecified atom stereocenters. The summed E-state index contributed by atoms with van der Waals surface area (Å²) in [6, 6.07) is 42.6. The fourth-order valence-corrected chi connectivity index (χ4v) is 26.0. The third-order valence-electron chi connectivity index (χ3n) is 4.96. The third kappa shape index (κ3) is 2.54. The molecule has 0 atom stereocenters. The Kier molecular flexibility index (Phi) is 4.69. The number of halogens is 1. The van der Waals surface area contributed by atoms with E-state index in [1.54, 1.807) is 0 Å². The molecule has 0 radical (unpaired) electrons. The van der Waals surface area contributed by atoms with Gasteiger partial charge in [0.1, 0.15) is 0 Å². The first-order valence-corrected chi connectivity index (χ1v) is 19.9. The maximum atomic E-state index is 8.11. The fraction of sp³-hybridized carbons (Fsp3) is 0. The van der Waals surface area contributed by atoms with Crippen LogP contribution in [0.15, 0.2) is 121 Å². The summed E-state index contributed by atoms with van der Waals surface area (Å²) in [5.74, 6) is 0. The summed E-state index contributed by atoms with van der Waals surface area (Å²) >= 11 is -4.61. The van der Waals surface area contributed by atoms with Crippen molar-refractivity contribution in [2.45, 2.75) is 0 Å². The van der Waals surface area contributed by atoms with Gasteiger partial charge in [0.15, 0.2) is 0 Å². The molecule has 26 heavy (non-hydrogen) atoms. The molecule has 0 aliphatic rings. The molecule has 0 fully saturated rings. The molecule has 0 N–H and O–H groups in total. The van der Waals surface area contributed by atoms with Crippen LogP contribution in [0.25, 0.3) is 0 Å². The van der Waals surface area contributed by atoms with E-state index < -0.39 is 17.6 Å². The van der Waals surface area contributed by atoms with Gasteiger partial charge < -0.3 is 0 Å². The van der Waals surface area contributed by atoms with Crippen molar-refractivity contribution in [3.05, 3.63) is 121 Å². The molecule has 0 heterocycles. The average molecular weight is 553 g/mol. The second-order valence-electron chi connectivity index (χ2n) is 6.35. The van der Waals surface area contributed by atoms with Crippen LogP contribution < -0.4 is 13.1 Å². The number of hydrogen-bond donors (Lipinski definition) is 0. The van der Waals surface area contributed by atoms with E-state index in [1.807, 2.05) is 0 Å². The Bertz CT molecular complexity index is 814. The molecule has 0 saturated carbocycles. The molecule has 4 aromatic carbocycles. The van der Waals surface area contributed by atoms with E-state index in [9.17, 15) is 0 Å². The zero-order valence-electron chi connectivity index (χ0n) is 14.4. The molecule has 2 heteroatoms. The van der Waals surface area contributed by atoms with E-state index in [4.69, 9.17) is 8.51 Å². The zero-order valence-corrected chi connectivity index (χ0v) is 18.6. The topological polar surface area (TPSA) is 0 Å². The Labute approximate surface area is 159 Å². The van der Waals surface area contributed by atoms with Gasteiger partial charge in [-0.15, -0.1) is 0 Å². The molecule has 0 amide bonds. The quantitative estimate of drug-likeness (QED) is 0.339. The van der Waals surface area contributed by atoms with Gasteiger partial charge in [0.25, 0.3) is 0 Å². The van der Waals surface area contributed by atoms with Crippen molar-refractivity contribution in [2.75, 3.05) is 0 Å². The van der Waals surface area contributed by atoms with Gasteiger partial charge in [-0.1, -0.05) is 0 Å². The second kappa shape index (κ2) is 6.99. The summed E-state index contributed by atoms with van der Waals surface area (Å²) in [6.45, 7) is 0. The predicted molar refractivity (Wildman–Crippen MR) is 116 cm³/mol. The van der Waals surface area contributed by atoms with Gasteiger partial charge >= 0.3 is 161 Å². The Hall–Kier alpha value is -1.95. The molecule has 4 aromatic rings. The Balaban J connectivity index is 2.23. The van der Waals surface area contributed by atoms with Gasteiger partial charge in [-0.2, -0.15) is 0 Å². The van der Waals surface area contributed by atoms with Gasteiger partial charge in [0, 0.05) is 0 Å². The third-order valence-corrected chi connectivity index (χ3v) is 31.5. The van der Waals surface area contributed by atoms with Crippen molar-refractivity contribution in [3.63, 3.8) is 0 Å². The average Bonchev–Trinajstić information content (AvgIpc) is 2.76. The van der Waals surface area contributed by atoms with Crippen molar-refractivity contribution in [1.82, 2.24) is 0 Å². The molecular formula is C24H20BiCl. The van der Waals surface area contributed by atoms with Crippen molar-refractivity contribution < 1.29 is 0 Å². The first-order chi connectivity index (χ1) is 12.7. The minimum absolute atomic E-state index is 1.24. The van der Waals surface area contributed by atoms with E-state index in [2.05, 4.69) is 121 Å². The zero-order chi connectivity index (χ0) is 17.9. The summed E-state index contributed by atoms with van der Waals surface area (Å²) in [7, 11) is 8.11. The SMILES string of the molecule is [Cl][Bi]([c]1ccccc1)([c]1ccccc1)([c]1ccccc1)[c]1ccccc1. The summed E-state index contributed by atoms with van der Waals surface area (Å²) in [6.07, 6.45) is 0. The van der Waals surface area contributed by atoms with Gasteiger partial charge in [0.2, 0.25) is 0 Å². The molecule has 0 aliphatic carbocycles. The normalized spacial score (nSPS) is 12.9. The van der Waals surface area contributed by atoms with Crippen LogP contribution in [0.2, 0.25) is 0 Å². The number of hydrogen-bond acceptors (Lipinski definition) is 0. The van der Waals surface area contributed by atoms with Gasteiger partial charge in [0.05, 0.1) is 0 Å². The first kappa shape index (κ1) is 17.5. The molecule has 0 aromatic heterocycles. The Morgan fingerprint density at radius 3 is 0.731 bits per heavy atom. The Morgan fingerprint density at radius 2 is 0.538 bits per heavy atom. The van der Waals surface area contributed by atoms with Crippen LogP contribution in [0, 0.1) is 0 Å².